The third-order valence-corrected chi connectivity index (χ3v) is 4.44. The van der Waals surface area contributed by atoms with E-state index in [0.29, 0.717) is 25.1 Å². The Bertz CT molecular complexity index is 775. The molecule has 2 aromatic rings. The van der Waals surface area contributed by atoms with Gasteiger partial charge < -0.3 is 10.2 Å². The quantitative estimate of drug-likeness (QED) is 0.863. The number of likely N-dealkylation sites (tertiary alicyclic amines) is 1. The molecular weight excluding hydrogens is 338 g/mol. The van der Waals surface area contributed by atoms with Gasteiger partial charge in [-0.25, -0.2) is 8.78 Å². The minimum absolute atomic E-state index is 0.0406. The van der Waals surface area contributed by atoms with Gasteiger partial charge in [0.2, 0.25) is 11.8 Å². The van der Waals surface area contributed by atoms with Crippen LogP contribution in [0.2, 0.25) is 0 Å². The lowest BCUT2D eigenvalue weighted by molar-refractivity contribution is -0.129. The van der Waals surface area contributed by atoms with Gasteiger partial charge in [-0.2, -0.15) is 0 Å². The maximum atomic E-state index is 13.2. The van der Waals surface area contributed by atoms with Crippen LogP contribution in [0.3, 0.4) is 0 Å². The van der Waals surface area contributed by atoms with Crippen LogP contribution in [0, 0.1) is 17.6 Å². The molecule has 2 amide bonds. The molecule has 4 nitrogen and oxygen atoms in total. The summed E-state index contributed by atoms with van der Waals surface area (Å²) in [4.78, 5) is 26.1. The lowest BCUT2D eigenvalue weighted by Gasteiger charge is -2.16. The van der Waals surface area contributed by atoms with Gasteiger partial charge in [0, 0.05) is 32.1 Å². The highest BCUT2D eigenvalue weighted by Crippen LogP contribution is 2.20. The highest BCUT2D eigenvalue weighted by atomic mass is 19.1. The molecule has 6 heteroatoms. The van der Waals surface area contributed by atoms with E-state index in [0.717, 1.165) is 11.6 Å². The van der Waals surface area contributed by atoms with Crippen molar-refractivity contribution in [3.8, 4) is 0 Å². The standard InChI is InChI=1S/C20H20F2N2O2/c21-17-8-15(9-18(22)11-17)6-7-23-20(26)16-10-19(25)24(13-16)12-14-4-2-1-3-5-14/h1-5,8-9,11,16H,6-7,10,12-13H2,(H,23,26). The van der Waals surface area contributed by atoms with Gasteiger partial charge >= 0.3 is 0 Å². The van der Waals surface area contributed by atoms with Crippen LogP contribution in [0.25, 0.3) is 0 Å². The molecule has 136 valence electrons. The molecule has 0 aliphatic carbocycles. The minimum atomic E-state index is -0.635. The lowest BCUT2D eigenvalue weighted by Crippen LogP contribution is -2.34. The van der Waals surface area contributed by atoms with Crippen molar-refractivity contribution in [2.24, 2.45) is 5.92 Å². The highest BCUT2D eigenvalue weighted by molar-refractivity contribution is 5.89. The van der Waals surface area contributed by atoms with Gasteiger partial charge in [0.15, 0.2) is 0 Å². The summed E-state index contributed by atoms with van der Waals surface area (Å²) >= 11 is 0. The molecule has 1 fully saturated rings. The van der Waals surface area contributed by atoms with Crippen molar-refractivity contribution in [3.05, 3.63) is 71.3 Å². The highest BCUT2D eigenvalue weighted by Gasteiger charge is 2.33. The topological polar surface area (TPSA) is 49.4 Å². The van der Waals surface area contributed by atoms with E-state index in [1.807, 2.05) is 30.3 Å². The molecule has 1 aliphatic heterocycles. The maximum Gasteiger partial charge on any atom is 0.225 e. The minimum Gasteiger partial charge on any atom is -0.355 e. The molecule has 2 aromatic carbocycles. The van der Waals surface area contributed by atoms with Gasteiger partial charge in [-0.15, -0.1) is 0 Å². The van der Waals surface area contributed by atoms with Crippen molar-refractivity contribution < 1.29 is 18.4 Å². The molecule has 0 spiro atoms. The summed E-state index contributed by atoms with van der Waals surface area (Å²) in [6.07, 6.45) is 0.516. The zero-order chi connectivity index (χ0) is 18.5. The van der Waals surface area contributed by atoms with Gasteiger partial charge in [-0.3, -0.25) is 9.59 Å². The number of hydrogen-bond donors (Lipinski definition) is 1. The number of carbonyl (C=O) groups excluding carboxylic acids is 2. The molecule has 0 saturated carbocycles. The second-order valence-electron chi connectivity index (χ2n) is 6.48. The number of carbonyl (C=O) groups is 2. The van der Waals surface area contributed by atoms with E-state index in [9.17, 15) is 18.4 Å². The Morgan fingerprint density at radius 2 is 1.77 bits per heavy atom. The van der Waals surface area contributed by atoms with Crippen molar-refractivity contribution >= 4 is 11.8 Å². The molecule has 1 heterocycles. The number of rotatable bonds is 6. The Hall–Kier alpha value is -2.76. The van der Waals surface area contributed by atoms with E-state index in [1.165, 1.54) is 12.1 Å². The lowest BCUT2D eigenvalue weighted by atomic mass is 10.1. The van der Waals surface area contributed by atoms with Crippen molar-refractivity contribution in [2.75, 3.05) is 13.1 Å². The molecule has 1 unspecified atom stereocenters. The molecule has 0 bridgehead atoms. The zero-order valence-electron chi connectivity index (χ0n) is 14.3. The molecule has 1 atom stereocenters. The van der Waals surface area contributed by atoms with Crippen molar-refractivity contribution in [3.63, 3.8) is 0 Å². The van der Waals surface area contributed by atoms with E-state index < -0.39 is 17.6 Å². The summed E-state index contributed by atoms with van der Waals surface area (Å²) in [6.45, 7) is 1.14. The first-order valence-corrected chi connectivity index (χ1v) is 8.55. The molecule has 1 saturated heterocycles. The van der Waals surface area contributed by atoms with Gasteiger partial charge in [0.25, 0.3) is 0 Å². The fraction of sp³-hybridized carbons (Fsp3) is 0.300. The second kappa shape index (κ2) is 8.08. The summed E-state index contributed by atoms with van der Waals surface area (Å²) < 4.78 is 26.3. The summed E-state index contributed by atoms with van der Waals surface area (Å²) in [5, 5.41) is 2.75. The zero-order valence-corrected chi connectivity index (χ0v) is 14.3. The molecule has 26 heavy (non-hydrogen) atoms. The largest absolute Gasteiger partial charge is 0.355 e. The fourth-order valence-electron chi connectivity index (χ4n) is 3.13. The SMILES string of the molecule is O=C(NCCc1cc(F)cc(F)c1)C1CC(=O)N(Cc2ccccc2)C1. The second-order valence-corrected chi connectivity index (χ2v) is 6.48. The van der Waals surface area contributed by atoms with Gasteiger partial charge in [-0.05, 0) is 29.7 Å². The number of hydrogen-bond acceptors (Lipinski definition) is 2. The van der Waals surface area contributed by atoms with Gasteiger partial charge in [0.05, 0.1) is 5.92 Å². The molecule has 0 radical (unpaired) electrons. The number of benzene rings is 2. The van der Waals surface area contributed by atoms with Crippen LogP contribution in [-0.2, 0) is 22.6 Å². The average molecular weight is 358 g/mol. The molecule has 1 N–H and O–H groups in total. The average Bonchev–Trinajstić information content (AvgIpc) is 2.96. The summed E-state index contributed by atoms with van der Waals surface area (Å²) in [5.41, 5.74) is 1.51. The van der Waals surface area contributed by atoms with Crippen LogP contribution in [0.4, 0.5) is 8.78 Å². The van der Waals surface area contributed by atoms with Crippen LogP contribution in [0.5, 0.6) is 0 Å². The van der Waals surface area contributed by atoms with Crippen LogP contribution in [0.15, 0.2) is 48.5 Å². The van der Waals surface area contributed by atoms with E-state index >= 15 is 0 Å². The summed E-state index contributed by atoms with van der Waals surface area (Å²) in [6, 6.07) is 12.9. The normalized spacial score (nSPS) is 16.8. The molecule has 0 aromatic heterocycles. The van der Waals surface area contributed by atoms with Crippen molar-refractivity contribution in [2.45, 2.75) is 19.4 Å². The van der Waals surface area contributed by atoms with Crippen LogP contribution < -0.4 is 5.32 Å². The predicted octanol–water partition coefficient (Wildman–Crippen LogP) is 2.67. The third kappa shape index (κ3) is 4.65. The first-order chi connectivity index (χ1) is 12.5. The smallest absolute Gasteiger partial charge is 0.225 e. The fourth-order valence-corrected chi connectivity index (χ4v) is 3.13. The monoisotopic (exact) mass is 358 g/mol. The van der Waals surface area contributed by atoms with Crippen molar-refractivity contribution in [1.29, 1.82) is 0 Å². The predicted molar refractivity (Wildman–Crippen MR) is 93.0 cm³/mol. The number of amides is 2. The van der Waals surface area contributed by atoms with E-state index in [1.54, 1.807) is 4.90 Å². The molecular formula is C20H20F2N2O2. The first-order valence-electron chi connectivity index (χ1n) is 8.55. The third-order valence-electron chi connectivity index (χ3n) is 4.44. The summed E-state index contributed by atoms with van der Waals surface area (Å²) in [5.74, 6) is -1.91. The van der Waals surface area contributed by atoms with E-state index in [4.69, 9.17) is 0 Å². The maximum absolute atomic E-state index is 13.2. The Kier molecular flexibility index (Phi) is 5.61. The number of nitrogens with one attached hydrogen (secondary N) is 1. The van der Waals surface area contributed by atoms with E-state index in [-0.39, 0.29) is 24.8 Å². The molecule has 3 rings (SSSR count). The van der Waals surface area contributed by atoms with Crippen LogP contribution in [-0.4, -0.2) is 29.8 Å². The molecule has 1 aliphatic rings. The van der Waals surface area contributed by atoms with Crippen molar-refractivity contribution in [1.82, 2.24) is 10.2 Å². The number of halogens is 2. The van der Waals surface area contributed by atoms with Gasteiger partial charge in [0.1, 0.15) is 11.6 Å². The Morgan fingerprint density at radius 3 is 2.46 bits per heavy atom. The van der Waals surface area contributed by atoms with Crippen LogP contribution >= 0.6 is 0 Å². The Labute approximate surface area is 150 Å². The van der Waals surface area contributed by atoms with E-state index in [2.05, 4.69) is 5.32 Å². The van der Waals surface area contributed by atoms with Gasteiger partial charge in [-0.1, -0.05) is 30.3 Å². The summed E-state index contributed by atoms with van der Waals surface area (Å²) in [7, 11) is 0. The number of nitrogens with zero attached hydrogens (tertiary/aromatic N) is 1. The van der Waals surface area contributed by atoms with Crippen LogP contribution in [0.1, 0.15) is 17.5 Å². The first kappa shape index (κ1) is 18.0. The Balaban J connectivity index is 1.48. The Morgan fingerprint density at radius 1 is 1.08 bits per heavy atom.